The van der Waals surface area contributed by atoms with E-state index in [4.69, 9.17) is 25.1 Å². The molecule has 0 aliphatic rings. The highest BCUT2D eigenvalue weighted by Crippen LogP contribution is 2.29. The molecule has 0 aromatic heterocycles. The number of ether oxygens (including phenoxy) is 1. The Morgan fingerprint density at radius 1 is 1.31 bits per heavy atom. The third kappa shape index (κ3) is 6.85. The van der Waals surface area contributed by atoms with E-state index in [-0.39, 0.29) is 0 Å². The molecule has 1 unspecified atom stereocenters. The topological polar surface area (TPSA) is 157 Å². The Labute approximate surface area is 90.9 Å². The summed E-state index contributed by atoms with van der Waals surface area (Å²) in [6.07, 6.45) is -1.28. The van der Waals surface area contributed by atoms with Crippen molar-refractivity contribution in [2.75, 3.05) is 19.8 Å². The van der Waals surface area contributed by atoms with Crippen molar-refractivity contribution in [1.82, 2.24) is 5.09 Å². The molecule has 96 valence electrons. The van der Waals surface area contributed by atoms with Crippen molar-refractivity contribution >= 4 is 13.7 Å². The first-order valence-corrected chi connectivity index (χ1v) is 5.81. The number of carbonyl (C=O) groups is 1. The quantitative estimate of drug-likeness (QED) is 0.206. The van der Waals surface area contributed by atoms with E-state index in [0.717, 1.165) is 0 Å². The van der Waals surface area contributed by atoms with Gasteiger partial charge in [0.2, 0.25) is 0 Å². The molecule has 0 aliphatic heterocycles. The highest BCUT2D eigenvalue weighted by Gasteiger charge is 2.27. The molecular formula is C6H14NO8P. The fourth-order valence-electron chi connectivity index (χ4n) is 0.703. The molecule has 10 heteroatoms. The average Bonchev–Trinajstić information content (AvgIpc) is 2.20. The predicted octanol–water partition coefficient (Wildman–Crippen LogP) is -3.07. The second-order valence-corrected chi connectivity index (χ2v) is 4.22. The number of aliphatic hydroxyl groups is 3. The summed E-state index contributed by atoms with van der Waals surface area (Å²) in [5.41, 5.74) is 0. The molecule has 6 N–H and O–H groups in total. The number of hydrogen-bond donors (Lipinski definition) is 6. The first kappa shape index (κ1) is 15.5. The van der Waals surface area contributed by atoms with Gasteiger partial charge in [-0.05, 0) is 0 Å². The van der Waals surface area contributed by atoms with Crippen LogP contribution in [0.3, 0.4) is 0 Å². The lowest BCUT2D eigenvalue weighted by atomic mass is 10.3. The van der Waals surface area contributed by atoms with Crippen molar-refractivity contribution in [3.05, 3.63) is 0 Å². The molecule has 9 nitrogen and oxygen atoms in total. The Morgan fingerprint density at radius 2 is 1.88 bits per heavy atom. The van der Waals surface area contributed by atoms with Crippen molar-refractivity contribution in [1.29, 1.82) is 0 Å². The van der Waals surface area contributed by atoms with E-state index < -0.39 is 45.7 Å². The highest BCUT2D eigenvalue weighted by atomic mass is 31.2. The molecule has 0 saturated carbocycles. The predicted molar refractivity (Wildman–Crippen MR) is 50.1 cm³/mol. The number of esters is 1. The van der Waals surface area contributed by atoms with Crippen LogP contribution in [0.4, 0.5) is 0 Å². The fourth-order valence-corrected chi connectivity index (χ4v) is 1.30. The van der Waals surface area contributed by atoms with Gasteiger partial charge in [0.25, 0.3) is 0 Å². The number of nitrogens with one attached hydrogen (secondary N) is 1. The van der Waals surface area contributed by atoms with E-state index in [1.54, 1.807) is 5.09 Å². The smallest absolute Gasteiger partial charge is 0.401 e. The van der Waals surface area contributed by atoms with Crippen LogP contribution in [0.5, 0.6) is 0 Å². The second-order valence-electron chi connectivity index (χ2n) is 2.87. The van der Waals surface area contributed by atoms with Gasteiger partial charge in [-0.25, -0.2) is 9.65 Å². The molecule has 0 aromatic carbocycles. The summed E-state index contributed by atoms with van der Waals surface area (Å²) in [6, 6.07) is -1.59. The second kappa shape index (κ2) is 6.92. The van der Waals surface area contributed by atoms with Crippen LogP contribution < -0.4 is 5.09 Å². The summed E-state index contributed by atoms with van der Waals surface area (Å²) in [7, 11) is -4.67. The van der Waals surface area contributed by atoms with Crippen LogP contribution in [0, 0.1) is 0 Å². The maximum absolute atomic E-state index is 11.1. The van der Waals surface area contributed by atoms with Gasteiger partial charge in [-0.15, -0.1) is 0 Å². The Morgan fingerprint density at radius 3 is 2.25 bits per heavy atom. The van der Waals surface area contributed by atoms with Crippen LogP contribution in [0.15, 0.2) is 0 Å². The van der Waals surface area contributed by atoms with E-state index >= 15 is 0 Å². The van der Waals surface area contributed by atoms with Gasteiger partial charge >= 0.3 is 13.7 Å². The van der Waals surface area contributed by atoms with Crippen LogP contribution >= 0.6 is 7.75 Å². The molecule has 0 spiro atoms. The van der Waals surface area contributed by atoms with Gasteiger partial charge in [0, 0.05) is 0 Å². The Kier molecular flexibility index (Phi) is 6.68. The lowest BCUT2D eigenvalue weighted by molar-refractivity contribution is -0.150. The van der Waals surface area contributed by atoms with Gasteiger partial charge in [-0.1, -0.05) is 0 Å². The number of carbonyl (C=O) groups excluding carboxylic acids is 1. The number of hydrogen-bond acceptors (Lipinski definition) is 6. The average molecular weight is 259 g/mol. The Bertz CT molecular complexity index is 265. The van der Waals surface area contributed by atoms with Gasteiger partial charge in [-0.2, -0.15) is 0 Å². The van der Waals surface area contributed by atoms with E-state index in [2.05, 4.69) is 4.74 Å². The zero-order valence-corrected chi connectivity index (χ0v) is 9.08. The normalized spacial score (nSPS) is 15.6. The van der Waals surface area contributed by atoms with Gasteiger partial charge < -0.3 is 29.8 Å². The molecule has 0 bridgehead atoms. The summed E-state index contributed by atoms with van der Waals surface area (Å²) in [5.74, 6) is -1.14. The van der Waals surface area contributed by atoms with Crippen molar-refractivity contribution in [2.45, 2.75) is 12.1 Å². The zero-order valence-electron chi connectivity index (χ0n) is 8.18. The first-order valence-electron chi connectivity index (χ1n) is 4.20. The summed E-state index contributed by atoms with van der Waals surface area (Å²) in [4.78, 5) is 28.1. The summed E-state index contributed by atoms with van der Waals surface area (Å²) < 4.78 is 14.9. The van der Waals surface area contributed by atoms with Gasteiger partial charge in [-0.3, -0.25) is 4.79 Å². The summed E-state index contributed by atoms with van der Waals surface area (Å²) >= 11 is 0. The summed E-state index contributed by atoms with van der Waals surface area (Å²) in [6.45, 7) is -2.03. The molecule has 2 atom stereocenters. The lowest BCUT2D eigenvalue weighted by Gasteiger charge is -2.16. The van der Waals surface area contributed by atoms with Gasteiger partial charge in [0.15, 0.2) is 0 Å². The van der Waals surface area contributed by atoms with Crippen LogP contribution in [-0.4, -0.2) is 63.0 Å². The minimum Gasteiger partial charge on any atom is -0.462 e. The van der Waals surface area contributed by atoms with Crippen LogP contribution in [-0.2, 0) is 14.1 Å². The van der Waals surface area contributed by atoms with Crippen molar-refractivity contribution in [3.8, 4) is 0 Å². The SMILES string of the molecule is O=C(OCC(O)CO)[C@H](CO)NP(=O)(O)O. The lowest BCUT2D eigenvalue weighted by Crippen LogP contribution is -2.40. The van der Waals surface area contributed by atoms with Gasteiger partial charge in [0.05, 0.1) is 13.2 Å². The third-order valence-electron chi connectivity index (χ3n) is 1.42. The zero-order chi connectivity index (χ0) is 12.8. The fraction of sp³-hybridized carbons (Fsp3) is 0.833. The van der Waals surface area contributed by atoms with Crippen molar-refractivity contribution < 1.29 is 39.2 Å². The minimum absolute atomic E-state index is 0.533. The van der Waals surface area contributed by atoms with Crippen molar-refractivity contribution in [2.24, 2.45) is 0 Å². The molecule has 0 heterocycles. The first-order chi connectivity index (χ1) is 7.30. The third-order valence-corrected chi connectivity index (χ3v) is 2.07. The van der Waals surface area contributed by atoms with E-state index in [1.165, 1.54) is 0 Å². The molecule has 0 radical (unpaired) electrons. The maximum Gasteiger partial charge on any atom is 0.401 e. The monoisotopic (exact) mass is 259 g/mol. The van der Waals surface area contributed by atoms with Crippen LogP contribution in [0.25, 0.3) is 0 Å². The molecule has 0 saturated heterocycles. The molecule has 0 aromatic rings. The van der Waals surface area contributed by atoms with E-state index in [9.17, 15) is 9.36 Å². The highest BCUT2D eigenvalue weighted by molar-refractivity contribution is 7.49. The molecular weight excluding hydrogens is 245 g/mol. The van der Waals surface area contributed by atoms with E-state index in [0.29, 0.717) is 0 Å². The summed E-state index contributed by atoms with van der Waals surface area (Å²) in [5, 5.41) is 27.4. The Balaban J connectivity index is 4.17. The minimum atomic E-state index is -4.67. The molecule has 0 aliphatic carbocycles. The van der Waals surface area contributed by atoms with Gasteiger partial charge in [0.1, 0.15) is 18.8 Å². The Hall–Kier alpha value is -0.540. The molecule has 0 amide bonds. The van der Waals surface area contributed by atoms with Crippen LogP contribution in [0.2, 0.25) is 0 Å². The van der Waals surface area contributed by atoms with E-state index in [1.807, 2.05) is 0 Å². The molecule has 16 heavy (non-hydrogen) atoms. The van der Waals surface area contributed by atoms with Crippen LogP contribution in [0.1, 0.15) is 0 Å². The van der Waals surface area contributed by atoms with Crippen molar-refractivity contribution in [3.63, 3.8) is 0 Å². The molecule has 0 fully saturated rings. The standard InChI is InChI=1S/C6H14NO8P/c8-1-4(10)3-15-6(11)5(2-9)7-16(12,13)14/h4-5,8-10H,1-3H2,(H3,7,12,13,14)/t4?,5-/m0/s1. The maximum atomic E-state index is 11.1. The largest absolute Gasteiger partial charge is 0.462 e. The molecule has 0 rings (SSSR count). The number of rotatable bonds is 7. The number of aliphatic hydroxyl groups excluding tert-OH is 3.